The molecular formula is C21H25N3O3. The highest BCUT2D eigenvalue weighted by atomic mass is 16.5. The number of pyridine rings is 1. The number of ether oxygens (including phenoxy) is 1. The first kappa shape index (κ1) is 18.9. The summed E-state index contributed by atoms with van der Waals surface area (Å²) in [6.45, 7) is 4.25. The van der Waals surface area contributed by atoms with Crippen LogP contribution in [0.3, 0.4) is 0 Å². The molecule has 0 radical (unpaired) electrons. The lowest BCUT2D eigenvalue weighted by atomic mass is 10.00. The normalized spacial score (nSPS) is 17.4. The number of likely N-dealkylation sites (N-methyl/N-ethyl adjacent to an activating group) is 1. The average molecular weight is 367 g/mol. The van der Waals surface area contributed by atoms with Gasteiger partial charge < -0.3 is 14.5 Å². The fourth-order valence-corrected chi connectivity index (χ4v) is 3.56. The maximum Gasteiger partial charge on any atom is 0.245 e. The summed E-state index contributed by atoms with van der Waals surface area (Å²) in [5, 5.41) is 0. The van der Waals surface area contributed by atoms with Crippen LogP contribution in [0, 0.1) is 13.8 Å². The Balaban J connectivity index is 1.93. The van der Waals surface area contributed by atoms with Gasteiger partial charge in [0.15, 0.2) is 0 Å². The molecular weight excluding hydrogens is 342 g/mol. The molecule has 1 aromatic carbocycles. The van der Waals surface area contributed by atoms with Crippen molar-refractivity contribution in [3.8, 4) is 5.75 Å². The van der Waals surface area contributed by atoms with Crippen LogP contribution in [0.2, 0.25) is 0 Å². The van der Waals surface area contributed by atoms with E-state index in [2.05, 4.69) is 4.98 Å². The first-order valence-corrected chi connectivity index (χ1v) is 8.99. The van der Waals surface area contributed by atoms with E-state index in [9.17, 15) is 9.59 Å². The minimum atomic E-state index is -0.535. The van der Waals surface area contributed by atoms with Crippen molar-refractivity contribution < 1.29 is 14.3 Å². The van der Waals surface area contributed by atoms with Crippen molar-refractivity contribution in [3.05, 3.63) is 58.9 Å². The summed E-state index contributed by atoms with van der Waals surface area (Å²) in [5.74, 6) is 0.654. The lowest BCUT2D eigenvalue weighted by Crippen LogP contribution is -2.59. The molecule has 0 aliphatic carbocycles. The minimum Gasteiger partial charge on any atom is -0.496 e. The molecule has 6 heteroatoms. The quantitative estimate of drug-likeness (QED) is 0.812. The van der Waals surface area contributed by atoms with Gasteiger partial charge in [0.05, 0.1) is 25.9 Å². The van der Waals surface area contributed by atoms with Crippen LogP contribution in [-0.4, -0.2) is 53.3 Å². The lowest BCUT2D eigenvalue weighted by Gasteiger charge is -2.39. The molecule has 0 spiro atoms. The van der Waals surface area contributed by atoms with Gasteiger partial charge in [0, 0.05) is 30.8 Å². The molecule has 142 valence electrons. The smallest absolute Gasteiger partial charge is 0.245 e. The molecule has 1 aromatic heterocycles. The minimum absolute atomic E-state index is 0.0461. The monoisotopic (exact) mass is 367 g/mol. The van der Waals surface area contributed by atoms with E-state index >= 15 is 0 Å². The van der Waals surface area contributed by atoms with Crippen molar-refractivity contribution in [1.82, 2.24) is 14.8 Å². The Morgan fingerprint density at radius 1 is 1.19 bits per heavy atom. The van der Waals surface area contributed by atoms with Gasteiger partial charge in [-0.1, -0.05) is 30.3 Å². The van der Waals surface area contributed by atoms with Crippen molar-refractivity contribution in [2.24, 2.45) is 0 Å². The highest BCUT2D eigenvalue weighted by molar-refractivity contribution is 5.94. The van der Waals surface area contributed by atoms with Crippen LogP contribution < -0.4 is 4.74 Å². The van der Waals surface area contributed by atoms with Gasteiger partial charge in [-0.3, -0.25) is 14.6 Å². The molecule has 2 aromatic rings. The van der Waals surface area contributed by atoms with Crippen LogP contribution in [0.5, 0.6) is 5.75 Å². The van der Waals surface area contributed by atoms with E-state index in [-0.39, 0.29) is 18.4 Å². The van der Waals surface area contributed by atoms with Crippen LogP contribution in [0.1, 0.15) is 22.4 Å². The number of methoxy groups -OCH3 is 1. The highest BCUT2D eigenvalue weighted by Gasteiger charge is 2.38. The van der Waals surface area contributed by atoms with Gasteiger partial charge in [-0.15, -0.1) is 0 Å². The van der Waals surface area contributed by atoms with Crippen molar-refractivity contribution in [3.63, 3.8) is 0 Å². The predicted molar refractivity (Wildman–Crippen MR) is 102 cm³/mol. The number of hydrogen-bond acceptors (Lipinski definition) is 4. The van der Waals surface area contributed by atoms with Gasteiger partial charge in [0.2, 0.25) is 11.8 Å². The second-order valence-corrected chi connectivity index (χ2v) is 6.97. The fourth-order valence-electron chi connectivity index (χ4n) is 3.56. The third-order valence-corrected chi connectivity index (χ3v) is 5.07. The zero-order valence-electron chi connectivity index (χ0n) is 16.2. The predicted octanol–water partition coefficient (Wildman–Crippen LogP) is 2.12. The molecule has 6 nitrogen and oxygen atoms in total. The lowest BCUT2D eigenvalue weighted by molar-refractivity contribution is -0.155. The van der Waals surface area contributed by atoms with Gasteiger partial charge in [-0.05, 0) is 19.4 Å². The molecule has 1 aliphatic rings. The molecule has 1 atom stereocenters. The van der Waals surface area contributed by atoms with Crippen LogP contribution in [0.4, 0.5) is 0 Å². The Morgan fingerprint density at radius 2 is 1.89 bits per heavy atom. The maximum atomic E-state index is 12.8. The number of aromatic nitrogens is 1. The average Bonchev–Trinajstić information content (AvgIpc) is 2.65. The molecule has 2 amide bonds. The van der Waals surface area contributed by atoms with E-state index < -0.39 is 6.04 Å². The number of rotatable bonds is 5. The van der Waals surface area contributed by atoms with Crippen LogP contribution >= 0.6 is 0 Å². The number of carbonyl (C=O) groups excluding carboxylic acids is 2. The number of nitrogens with zero attached hydrogens (tertiary/aromatic N) is 3. The van der Waals surface area contributed by atoms with E-state index in [1.807, 2.05) is 44.2 Å². The number of aryl methyl sites for hydroxylation is 1. The molecule has 1 saturated heterocycles. The first-order valence-electron chi connectivity index (χ1n) is 8.99. The van der Waals surface area contributed by atoms with Gasteiger partial charge in [0.25, 0.3) is 0 Å². The summed E-state index contributed by atoms with van der Waals surface area (Å²) >= 11 is 0. The zero-order valence-corrected chi connectivity index (χ0v) is 16.2. The van der Waals surface area contributed by atoms with Crippen molar-refractivity contribution in [2.75, 3.05) is 20.7 Å². The Kier molecular flexibility index (Phi) is 5.44. The summed E-state index contributed by atoms with van der Waals surface area (Å²) in [6.07, 6.45) is 2.23. The van der Waals surface area contributed by atoms with E-state index in [1.165, 1.54) is 4.90 Å². The molecule has 0 N–H and O–H groups in total. The van der Waals surface area contributed by atoms with E-state index in [4.69, 9.17) is 4.74 Å². The Morgan fingerprint density at radius 3 is 2.56 bits per heavy atom. The maximum absolute atomic E-state index is 12.8. The Bertz CT molecular complexity index is 851. The third-order valence-electron chi connectivity index (χ3n) is 5.07. The summed E-state index contributed by atoms with van der Waals surface area (Å²) in [7, 11) is 3.30. The number of benzene rings is 1. The summed E-state index contributed by atoms with van der Waals surface area (Å²) in [4.78, 5) is 33.2. The third kappa shape index (κ3) is 3.79. The van der Waals surface area contributed by atoms with Crippen LogP contribution in [0.25, 0.3) is 0 Å². The topological polar surface area (TPSA) is 62.7 Å². The van der Waals surface area contributed by atoms with Crippen molar-refractivity contribution >= 4 is 11.8 Å². The number of carbonyl (C=O) groups is 2. The summed E-state index contributed by atoms with van der Waals surface area (Å²) in [5.41, 5.74) is 3.62. The van der Waals surface area contributed by atoms with Gasteiger partial charge >= 0.3 is 0 Å². The molecule has 0 bridgehead atoms. The SMILES string of the molecule is COc1c(C)cnc(CN2C(=O)CN(C)C(=O)[C@@H]2Cc2ccccc2)c1C. The number of piperazine rings is 1. The molecule has 1 fully saturated rings. The van der Waals surface area contributed by atoms with Crippen molar-refractivity contribution in [2.45, 2.75) is 32.9 Å². The summed E-state index contributed by atoms with van der Waals surface area (Å²) in [6, 6.07) is 9.23. The van der Waals surface area contributed by atoms with E-state index in [0.717, 1.165) is 28.1 Å². The second-order valence-electron chi connectivity index (χ2n) is 6.97. The molecule has 1 aliphatic heterocycles. The number of hydrogen-bond donors (Lipinski definition) is 0. The zero-order chi connectivity index (χ0) is 19.6. The molecule has 3 rings (SSSR count). The fraction of sp³-hybridized carbons (Fsp3) is 0.381. The molecule has 2 heterocycles. The second kappa shape index (κ2) is 7.78. The number of amides is 2. The van der Waals surface area contributed by atoms with Gasteiger partial charge in [-0.2, -0.15) is 0 Å². The molecule has 0 saturated carbocycles. The van der Waals surface area contributed by atoms with Gasteiger partial charge in [-0.25, -0.2) is 0 Å². The largest absolute Gasteiger partial charge is 0.496 e. The van der Waals surface area contributed by atoms with Crippen molar-refractivity contribution in [1.29, 1.82) is 0 Å². The van der Waals surface area contributed by atoms with E-state index in [1.54, 1.807) is 25.3 Å². The first-order chi connectivity index (χ1) is 12.9. The Labute approximate surface area is 159 Å². The van der Waals surface area contributed by atoms with Crippen LogP contribution in [-0.2, 0) is 22.6 Å². The summed E-state index contributed by atoms with van der Waals surface area (Å²) < 4.78 is 5.47. The Hall–Kier alpha value is -2.89. The highest BCUT2D eigenvalue weighted by Crippen LogP contribution is 2.26. The van der Waals surface area contributed by atoms with Crippen LogP contribution in [0.15, 0.2) is 36.5 Å². The molecule has 27 heavy (non-hydrogen) atoms. The van der Waals surface area contributed by atoms with E-state index in [0.29, 0.717) is 13.0 Å². The standard InChI is InChI=1S/C21H25N3O3/c1-14-11-22-17(15(2)20(14)27-4)12-24-18(10-16-8-6-5-7-9-16)21(26)23(3)13-19(24)25/h5-9,11,18H,10,12-13H2,1-4H3/t18-/m0/s1. The molecule has 0 unspecified atom stereocenters. The van der Waals surface area contributed by atoms with Gasteiger partial charge in [0.1, 0.15) is 11.8 Å².